The van der Waals surface area contributed by atoms with Gasteiger partial charge in [-0.15, -0.1) is 0 Å². The van der Waals surface area contributed by atoms with E-state index in [4.69, 9.17) is 19.2 Å². The maximum atomic E-state index is 14.0. The molecule has 7 rings (SSSR count). The number of anilines is 1. The Hall–Kier alpha value is -8.89. The molecule has 94 heavy (non-hydrogen) atoms. The van der Waals surface area contributed by atoms with Crippen LogP contribution in [0.3, 0.4) is 0 Å². The summed E-state index contributed by atoms with van der Waals surface area (Å²) in [6.45, 7) is 6.70. The van der Waals surface area contributed by atoms with Crippen molar-refractivity contribution in [2.24, 2.45) is 7.05 Å². The number of aryl methyl sites for hydroxylation is 3. The fraction of sp³-hybridized carbons (Fsp3) is 0.333. The minimum absolute atomic E-state index is 0.0176. The van der Waals surface area contributed by atoms with E-state index < -0.39 is 120 Å². The summed E-state index contributed by atoms with van der Waals surface area (Å²) in [4.78, 5) is 96.6. The van der Waals surface area contributed by atoms with Crippen molar-refractivity contribution in [3.63, 3.8) is 0 Å². The van der Waals surface area contributed by atoms with Gasteiger partial charge in [0.15, 0.2) is 0 Å². The van der Waals surface area contributed by atoms with Gasteiger partial charge < -0.3 is 78.0 Å². The average molecular weight is 1360 g/mol. The molecule has 2 heterocycles. The largest absolute Gasteiger partial charge is 0.494 e. The third-order valence-corrected chi connectivity index (χ3v) is 17.8. The Morgan fingerprint density at radius 3 is 1.79 bits per heavy atom. The summed E-state index contributed by atoms with van der Waals surface area (Å²) in [6, 6.07) is 33.1. The fourth-order valence-corrected chi connectivity index (χ4v) is 13.5. The smallest absolute Gasteiger partial charge is 0.408 e. The molecule has 5 amide bonds. The van der Waals surface area contributed by atoms with Crippen LogP contribution in [0, 0.1) is 13.8 Å². The minimum Gasteiger partial charge on any atom is -0.494 e. The summed E-state index contributed by atoms with van der Waals surface area (Å²) in [5.41, 5.74) is 2.01. The molecule has 13 N–H and O–H groups in total. The molecule has 0 aliphatic carbocycles. The highest BCUT2D eigenvalue weighted by Crippen LogP contribution is 2.43. The Morgan fingerprint density at radius 1 is 0.691 bits per heavy atom. The molecule has 0 aliphatic heterocycles. The van der Waals surface area contributed by atoms with Gasteiger partial charge in [-0.1, -0.05) is 97.1 Å². The van der Waals surface area contributed by atoms with Crippen LogP contribution in [-0.2, 0) is 57.8 Å². The SMILES string of the molecule is COC(=O)[C@H](CNC(=O)c1cn(C)c2cc(CNc3nccn3C(c3ccccc3)(c3ccccc3)c3ccccc3)ccc2c1=O)NS(=O)(=O)c1c(C)cc(OCCCC(=O)NCCNC(=O)[C@H](CS(O)(O)O)NC(=O)[C@H](CS(O)(O)O)NC(=O)OC(C)(C)C)cc1C. The van der Waals surface area contributed by atoms with Crippen LogP contribution in [0.5, 0.6) is 5.75 Å². The zero-order chi connectivity index (χ0) is 68.8. The lowest BCUT2D eigenvalue weighted by Gasteiger charge is -2.38. The van der Waals surface area contributed by atoms with Gasteiger partial charge >= 0.3 is 12.1 Å². The molecule has 506 valence electrons. The van der Waals surface area contributed by atoms with Crippen molar-refractivity contribution in [3.05, 3.63) is 189 Å². The number of pyridine rings is 1. The van der Waals surface area contributed by atoms with E-state index >= 15 is 0 Å². The highest BCUT2D eigenvalue weighted by Gasteiger charge is 2.40. The molecule has 2 aromatic heterocycles. The lowest BCUT2D eigenvalue weighted by Crippen LogP contribution is -2.57. The topological polar surface area (TPSA) is 410 Å². The Balaban J connectivity index is 0.918. The van der Waals surface area contributed by atoms with Gasteiger partial charge in [0, 0.05) is 63.6 Å². The van der Waals surface area contributed by atoms with Crippen molar-refractivity contribution >= 4 is 84.3 Å². The van der Waals surface area contributed by atoms with Gasteiger partial charge in [0.1, 0.15) is 40.6 Å². The number of amides is 5. The number of benzene rings is 5. The first-order valence-electron chi connectivity index (χ1n) is 29.3. The molecule has 0 saturated carbocycles. The number of ether oxygens (including phenoxy) is 3. The van der Waals surface area contributed by atoms with Crippen LogP contribution in [0.25, 0.3) is 10.9 Å². The molecule has 0 unspecified atom stereocenters. The number of fused-ring (bicyclic) bond motifs is 1. The monoisotopic (exact) mass is 1360 g/mol. The van der Waals surface area contributed by atoms with Crippen molar-refractivity contribution in [1.29, 1.82) is 0 Å². The number of carbonyl (C=O) groups is 6. The standard InChI is InChI=1S/C63H78N10O18S3/c1-40-32-46(90-31-17-24-53(74)64-27-28-65-57(77)50(38-92(81,82)83)69-58(78)51(39-93(84,85)86)70-61(80)91-62(3,4)5)33-41(2)55(40)94(87,88)71-49(59(79)89-7)36-67-56(76)48-37-72(6)52-34-42(25-26-47(52)54(48)75)35-68-60-66-29-30-73(60)63(43-18-11-8-12-19-43,44-20-13-9-14-21-44)45-22-15-10-16-23-45/h8-16,18-23,25-26,29-30,32-34,37,49-51,71,81-86H,17,24,27-28,31,35-36,38-39H2,1-7H3,(H,64,74)(H,65,77)(H,66,68)(H,67,76)(H,69,78)(H,70,80)/t49-,50-,51-/m0/s1. The number of hydrogen-bond donors (Lipinski definition) is 13. The number of nitrogens with zero attached hydrogens (tertiary/aromatic N) is 3. The molecule has 28 nitrogen and oxygen atoms in total. The van der Waals surface area contributed by atoms with Crippen molar-refractivity contribution in [2.45, 2.75) is 88.2 Å². The summed E-state index contributed by atoms with van der Waals surface area (Å²) >= 11 is 0. The van der Waals surface area contributed by atoms with Gasteiger partial charge in [0.25, 0.3) is 5.91 Å². The second-order valence-electron chi connectivity index (χ2n) is 22.9. The summed E-state index contributed by atoms with van der Waals surface area (Å²) in [6.07, 6.45) is 3.90. The van der Waals surface area contributed by atoms with E-state index in [1.807, 2.05) is 72.2 Å². The van der Waals surface area contributed by atoms with Gasteiger partial charge in [0.05, 0.1) is 57.4 Å². The highest BCUT2D eigenvalue weighted by molar-refractivity contribution is 8.19. The number of rotatable bonds is 30. The molecule has 0 spiro atoms. The van der Waals surface area contributed by atoms with Gasteiger partial charge in [-0.2, -0.15) is 4.72 Å². The van der Waals surface area contributed by atoms with E-state index in [-0.39, 0.29) is 65.3 Å². The van der Waals surface area contributed by atoms with Crippen LogP contribution < -0.4 is 46.8 Å². The summed E-state index contributed by atoms with van der Waals surface area (Å²) in [5, 5.41) is 15.2. The second-order valence-corrected chi connectivity index (χ2v) is 27.7. The van der Waals surface area contributed by atoms with Crippen molar-refractivity contribution in [3.8, 4) is 5.75 Å². The number of hydrogen-bond acceptors (Lipinski definition) is 20. The maximum absolute atomic E-state index is 14.0. The molecule has 3 atom stereocenters. The van der Waals surface area contributed by atoms with Crippen LogP contribution >= 0.6 is 21.7 Å². The van der Waals surface area contributed by atoms with Gasteiger partial charge in [-0.3, -0.25) is 33.3 Å². The molecular formula is C63H78N10O18S3. The third kappa shape index (κ3) is 19.4. The summed E-state index contributed by atoms with van der Waals surface area (Å²) < 4.78 is 108. The first kappa shape index (κ1) is 72.5. The lowest BCUT2D eigenvalue weighted by molar-refractivity contribution is -0.142. The van der Waals surface area contributed by atoms with Crippen LogP contribution in [0.4, 0.5) is 10.7 Å². The highest BCUT2D eigenvalue weighted by atomic mass is 32.3. The second kappa shape index (κ2) is 31.4. The van der Waals surface area contributed by atoms with Gasteiger partial charge in [0.2, 0.25) is 39.1 Å². The zero-order valence-electron chi connectivity index (χ0n) is 52.5. The third-order valence-electron chi connectivity index (χ3n) is 14.5. The van der Waals surface area contributed by atoms with Crippen molar-refractivity contribution in [2.75, 3.05) is 50.2 Å². The number of carbonyl (C=O) groups excluding carboxylic acids is 6. The van der Waals surface area contributed by atoms with Crippen LogP contribution in [0.15, 0.2) is 150 Å². The van der Waals surface area contributed by atoms with E-state index in [2.05, 4.69) is 72.3 Å². The quantitative estimate of drug-likeness (QED) is 0.0134. The predicted molar refractivity (Wildman–Crippen MR) is 354 cm³/mol. The Kier molecular flexibility index (Phi) is 24.2. The summed E-state index contributed by atoms with van der Waals surface area (Å²) in [7, 11) is -10.7. The van der Waals surface area contributed by atoms with Crippen molar-refractivity contribution in [1.82, 2.24) is 45.4 Å². The van der Waals surface area contributed by atoms with Crippen molar-refractivity contribution < 1.29 is 78.7 Å². The zero-order valence-corrected chi connectivity index (χ0v) is 55.0. The molecular weight excluding hydrogens is 1280 g/mol. The fourth-order valence-electron chi connectivity index (χ4n) is 10.5. The lowest BCUT2D eigenvalue weighted by atomic mass is 9.76. The molecule has 0 fully saturated rings. The normalized spacial score (nSPS) is 13.3. The van der Waals surface area contributed by atoms with E-state index in [0.29, 0.717) is 18.0 Å². The van der Waals surface area contributed by atoms with Gasteiger partial charge in [-0.05, 0) is 98.7 Å². The first-order chi connectivity index (χ1) is 44.3. The van der Waals surface area contributed by atoms with E-state index in [1.165, 1.54) is 52.9 Å². The van der Waals surface area contributed by atoms with E-state index in [0.717, 1.165) is 29.4 Å². The molecule has 0 saturated heterocycles. The van der Waals surface area contributed by atoms with Crippen LogP contribution in [0.1, 0.15) is 77.4 Å². The first-order valence-corrected chi connectivity index (χ1v) is 34.1. The maximum Gasteiger partial charge on any atom is 0.408 e. The van der Waals surface area contributed by atoms with Crippen LogP contribution in [-0.4, -0.2) is 154 Å². The summed E-state index contributed by atoms with van der Waals surface area (Å²) in [5.74, 6) is -6.26. The molecule has 31 heteroatoms. The minimum atomic E-state index is -4.52. The molecule has 5 aromatic carbocycles. The van der Waals surface area contributed by atoms with Crippen LogP contribution in [0.2, 0.25) is 0 Å². The van der Waals surface area contributed by atoms with E-state index in [1.54, 1.807) is 29.9 Å². The Bertz CT molecular complexity index is 3890. The Morgan fingerprint density at radius 2 is 1.24 bits per heavy atom. The molecule has 7 aromatic rings. The number of aromatic nitrogens is 3. The van der Waals surface area contributed by atoms with Gasteiger partial charge in [-0.25, -0.2) is 18.2 Å². The van der Waals surface area contributed by atoms with E-state index in [9.17, 15) is 69.3 Å². The molecule has 0 aliphatic rings. The molecule has 0 radical (unpaired) electrons. The Labute approximate surface area is 546 Å². The number of sulfonamides is 1. The number of esters is 1. The average Bonchev–Trinajstić information content (AvgIpc) is 1.24. The predicted octanol–water partition coefficient (Wildman–Crippen LogP) is 6.27. The number of imidazole rings is 1. The number of nitrogens with one attached hydrogen (secondary N) is 7. The number of methoxy groups -OCH3 is 1. The number of alkyl carbamates (subject to hydrolysis) is 1. The molecule has 0 bridgehead atoms.